The van der Waals surface area contributed by atoms with Gasteiger partial charge in [-0.2, -0.15) is 0 Å². The minimum atomic E-state index is -1.31. The second kappa shape index (κ2) is 7.52. The minimum Gasteiger partial charge on any atom is -0.480 e. The Hall–Kier alpha value is -3.06. The average molecular weight is 401 g/mol. The lowest BCUT2D eigenvalue weighted by Crippen LogP contribution is -2.49. The van der Waals surface area contributed by atoms with E-state index in [4.69, 9.17) is 21.2 Å². The summed E-state index contributed by atoms with van der Waals surface area (Å²) in [7, 11) is 0. The van der Waals surface area contributed by atoms with Gasteiger partial charge in [-0.05, 0) is 22.3 Å². The van der Waals surface area contributed by atoms with Crippen molar-refractivity contribution in [2.75, 3.05) is 6.61 Å². The number of benzene rings is 2. The van der Waals surface area contributed by atoms with Gasteiger partial charge in [0.25, 0.3) is 0 Å². The first kappa shape index (κ1) is 18.3. The summed E-state index contributed by atoms with van der Waals surface area (Å²) in [4.78, 5) is 28.7. The lowest BCUT2D eigenvalue weighted by molar-refractivity contribution is -0.143. The number of aliphatic carboxylic acids is 1. The van der Waals surface area contributed by atoms with Gasteiger partial charge in [-0.3, -0.25) is 0 Å². The summed E-state index contributed by atoms with van der Waals surface area (Å²) < 4.78 is 5.37. The molecule has 1 amide bonds. The molecule has 4 rings (SSSR count). The lowest BCUT2D eigenvalue weighted by atomic mass is 9.98. The standard InChI is InChI=1S/C20H17ClN2O5/c21-17-9-16(28-23-17)18(19(24)25)22-20(26)27-10-15-13-7-3-1-5-11(13)12-6-2-4-8-14(12)15/h1-8,15-16,18H,9-10H2,(H,22,26)(H,24,25). The Kier molecular flexibility index (Phi) is 4.92. The molecule has 2 aliphatic rings. The van der Waals surface area contributed by atoms with Gasteiger partial charge in [0, 0.05) is 12.3 Å². The van der Waals surface area contributed by atoms with Crippen LogP contribution in [-0.4, -0.2) is 41.1 Å². The Labute approximate surface area is 165 Å². The monoisotopic (exact) mass is 400 g/mol. The Morgan fingerprint density at radius 2 is 1.79 bits per heavy atom. The van der Waals surface area contributed by atoms with Crippen LogP contribution in [0.15, 0.2) is 53.7 Å². The smallest absolute Gasteiger partial charge is 0.407 e. The quantitative estimate of drug-likeness (QED) is 0.802. The van der Waals surface area contributed by atoms with E-state index in [0.717, 1.165) is 22.3 Å². The second-order valence-electron chi connectivity index (χ2n) is 6.60. The molecule has 2 aromatic rings. The van der Waals surface area contributed by atoms with Crippen LogP contribution in [0.25, 0.3) is 11.1 Å². The predicted molar refractivity (Wildman–Crippen MR) is 102 cm³/mol. The third kappa shape index (κ3) is 3.41. The highest BCUT2D eigenvalue weighted by molar-refractivity contribution is 6.65. The van der Waals surface area contributed by atoms with Crippen molar-refractivity contribution in [3.05, 3.63) is 59.7 Å². The molecule has 8 heteroatoms. The predicted octanol–water partition coefficient (Wildman–Crippen LogP) is 3.32. The van der Waals surface area contributed by atoms with Crippen molar-refractivity contribution in [1.29, 1.82) is 0 Å². The van der Waals surface area contributed by atoms with Crippen molar-refractivity contribution in [3.8, 4) is 11.1 Å². The van der Waals surface area contributed by atoms with E-state index in [9.17, 15) is 14.7 Å². The third-order valence-electron chi connectivity index (χ3n) is 4.91. The molecule has 2 N–H and O–H groups in total. The zero-order valence-corrected chi connectivity index (χ0v) is 15.4. The zero-order chi connectivity index (χ0) is 19.7. The van der Waals surface area contributed by atoms with Gasteiger partial charge >= 0.3 is 12.1 Å². The highest BCUT2D eigenvalue weighted by Crippen LogP contribution is 2.44. The highest BCUT2D eigenvalue weighted by Gasteiger charge is 2.36. The van der Waals surface area contributed by atoms with Gasteiger partial charge in [0.15, 0.2) is 12.1 Å². The van der Waals surface area contributed by atoms with Crippen molar-refractivity contribution in [2.45, 2.75) is 24.5 Å². The van der Waals surface area contributed by atoms with Crippen molar-refractivity contribution < 1.29 is 24.3 Å². The average Bonchev–Trinajstić information content (AvgIpc) is 3.26. The van der Waals surface area contributed by atoms with Crippen molar-refractivity contribution in [3.63, 3.8) is 0 Å². The molecule has 0 bridgehead atoms. The van der Waals surface area contributed by atoms with Crippen molar-refractivity contribution in [2.24, 2.45) is 5.16 Å². The number of fused-ring (bicyclic) bond motifs is 3. The normalized spacial score (nSPS) is 18.5. The van der Waals surface area contributed by atoms with Crippen LogP contribution in [0.3, 0.4) is 0 Å². The molecule has 0 fully saturated rings. The SMILES string of the molecule is O=C(NC(C(=O)O)C1CC(Cl)=NO1)OCC1c2ccccc2-c2ccccc21. The number of halogens is 1. The largest absolute Gasteiger partial charge is 0.480 e. The fourth-order valence-corrected chi connectivity index (χ4v) is 3.82. The van der Waals surface area contributed by atoms with Gasteiger partial charge in [-0.25, -0.2) is 9.59 Å². The fraction of sp³-hybridized carbons (Fsp3) is 0.250. The molecule has 7 nitrogen and oxygen atoms in total. The number of hydrogen-bond acceptors (Lipinski definition) is 5. The van der Waals surface area contributed by atoms with Gasteiger partial charge in [0.2, 0.25) is 0 Å². The first-order valence-electron chi connectivity index (χ1n) is 8.77. The maximum Gasteiger partial charge on any atom is 0.407 e. The Morgan fingerprint density at radius 3 is 2.32 bits per heavy atom. The van der Waals surface area contributed by atoms with Gasteiger partial charge < -0.3 is 20.0 Å². The third-order valence-corrected chi connectivity index (χ3v) is 5.13. The number of carbonyl (C=O) groups is 2. The van der Waals surface area contributed by atoms with E-state index >= 15 is 0 Å². The van der Waals surface area contributed by atoms with E-state index in [0.29, 0.717) is 0 Å². The summed E-state index contributed by atoms with van der Waals surface area (Å²) >= 11 is 5.72. The highest BCUT2D eigenvalue weighted by atomic mass is 35.5. The molecule has 0 radical (unpaired) electrons. The molecule has 0 saturated heterocycles. The molecule has 2 atom stereocenters. The van der Waals surface area contributed by atoms with E-state index in [2.05, 4.69) is 10.5 Å². The van der Waals surface area contributed by atoms with Gasteiger partial charge in [-0.1, -0.05) is 65.3 Å². The summed E-state index contributed by atoms with van der Waals surface area (Å²) in [6.45, 7) is 0.0922. The van der Waals surface area contributed by atoms with E-state index in [1.165, 1.54) is 0 Å². The number of hydrogen-bond donors (Lipinski definition) is 2. The number of alkyl carbamates (subject to hydrolysis) is 1. The Bertz CT molecular complexity index is 916. The number of nitrogens with one attached hydrogen (secondary N) is 1. The van der Waals surface area contributed by atoms with Gasteiger partial charge in [0.05, 0.1) is 0 Å². The first-order valence-corrected chi connectivity index (χ1v) is 9.15. The van der Waals surface area contributed by atoms with E-state index < -0.39 is 24.2 Å². The summed E-state index contributed by atoms with van der Waals surface area (Å²) in [6, 6.07) is 14.6. The molecule has 28 heavy (non-hydrogen) atoms. The molecule has 0 saturated carbocycles. The number of carbonyl (C=O) groups excluding carboxylic acids is 1. The number of rotatable bonds is 5. The number of carboxylic acids is 1. The van der Waals surface area contributed by atoms with Crippen molar-refractivity contribution >= 4 is 28.8 Å². The molecule has 2 aromatic carbocycles. The molecule has 1 heterocycles. The molecule has 0 aromatic heterocycles. The van der Waals surface area contributed by atoms with Crippen LogP contribution >= 0.6 is 11.6 Å². The summed E-state index contributed by atoms with van der Waals surface area (Å²) in [6.07, 6.45) is -1.59. The summed E-state index contributed by atoms with van der Waals surface area (Å²) in [5.41, 5.74) is 4.37. The topological polar surface area (TPSA) is 97.2 Å². The van der Waals surface area contributed by atoms with Gasteiger partial charge in [0.1, 0.15) is 11.8 Å². The Morgan fingerprint density at radius 1 is 1.18 bits per heavy atom. The van der Waals surface area contributed by atoms with Crippen LogP contribution in [-0.2, 0) is 14.4 Å². The van der Waals surface area contributed by atoms with Crippen LogP contribution in [0.1, 0.15) is 23.5 Å². The van der Waals surface area contributed by atoms with Gasteiger partial charge in [-0.15, -0.1) is 0 Å². The number of carboxylic acid groups (broad SMARTS) is 1. The molecule has 144 valence electrons. The van der Waals surface area contributed by atoms with Crippen molar-refractivity contribution in [1.82, 2.24) is 5.32 Å². The molecule has 1 aliphatic heterocycles. The molecule has 2 unspecified atom stereocenters. The van der Waals surface area contributed by atoms with Crippen LogP contribution in [0.2, 0.25) is 0 Å². The fourth-order valence-electron chi connectivity index (χ4n) is 3.62. The maximum absolute atomic E-state index is 12.3. The first-order chi connectivity index (χ1) is 13.5. The number of oxime groups is 1. The lowest BCUT2D eigenvalue weighted by Gasteiger charge is -2.20. The molecular formula is C20H17ClN2O5. The van der Waals surface area contributed by atoms with Crippen LogP contribution in [0.5, 0.6) is 0 Å². The van der Waals surface area contributed by atoms with E-state index in [1.54, 1.807) is 0 Å². The summed E-state index contributed by atoms with van der Waals surface area (Å²) in [5.74, 6) is -1.36. The zero-order valence-electron chi connectivity index (χ0n) is 14.7. The second-order valence-corrected chi connectivity index (χ2v) is 7.04. The number of ether oxygens (including phenoxy) is 1. The van der Waals surface area contributed by atoms with Crippen LogP contribution < -0.4 is 5.32 Å². The van der Waals surface area contributed by atoms with E-state index in [-0.39, 0.29) is 24.1 Å². The molecule has 1 aliphatic carbocycles. The Balaban J connectivity index is 1.44. The minimum absolute atomic E-state index is 0.0922. The molecular weight excluding hydrogens is 384 g/mol. The van der Waals surface area contributed by atoms with Crippen LogP contribution in [0, 0.1) is 0 Å². The summed E-state index contributed by atoms with van der Waals surface area (Å²) in [5, 5.41) is 15.4. The number of amides is 1. The van der Waals surface area contributed by atoms with Crippen LogP contribution in [0.4, 0.5) is 4.79 Å². The number of nitrogens with zero attached hydrogens (tertiary/aromatic N) is 1. The van der Waals surface area contributed by atoms with E-state index in [1.807, 2.05) is 48.5 Å². The maximum atomic E-state index is 12.3. The molecule has 0 spiro atoms.